The molecule has 2 N–H and O–H groups in total. The summed E-state index contributed by atoms with van der Waals surface area (Å²) in [6.07, 6.45) is 3.04. The van der Waals surface area contributed by atoms with Crippen molar-refractivity contribution in [2.75, 3.05) is 12.0 Å². The molecule has 0 bridgehead atoms. The van der Waals surface area contributed by atoms with Crippen molar-refractivity contribution in [3.63, 3.8) is 0 Å². The van der Waals surface area contributed by atoms with E-state index in [9.17, 15) is 9.50 Å². The van der Waals surface area contributed by atoms with Crippen LogP contribution < -0.4 is 5.43 Å². The van der Waals surface area contributed by atoms with Crippen LogP contribution in [0.25, 0.3) is 0 Å². The van der Waals surface area contributed by atoms with Gasteiger partial charge in [-0.15, -0.1) is 0 Å². The van der Waals surface area contributed by atoms with Crippen molar-refractivity contribution < 1.29 is 9.50 Å². The monoisotopic (exact) mass is 220 g/mol. The molecule has 1 aromatic heterocycles. The Morgan fingerprint density at radius 3 is 2.44 bits per heavy atom. The number of nitrogens with one attached hydrogen (secondary N) is 1. The number of aliphatic hydroxyl groups is 1. The highest BCUT2D eigenvalue weighted by atomic mass is 19.1. The minimum atomic E-state index is -0.650. The first kappa shape index (κ1) is 10.7. The second-order valence-corrected chi connectivity index (χ2v) is 3.52. The van der Waals surface area contributed by atoms with Crippen LogP contribution in [0.4, 0.5) is 4.39 Å². The minimum Gasteiger partial charge on any atom is -0.387 e. The van der Waals surface area contributed by atoms with E-state index in [2.05, 4.69) is 5.43 Å². The van der Waals surface area contributed by atoms with E-state index in [4.69, 9.17) is 0 Å². The van der Waals surface area contributed by atoms with Crippen LogP contribution in [0.1, 0.15) is 11.7 Å². The quantitative estimate of drug-likeness (QED) is 0.825. The Hall–Kier alpha value is -1.81. The summed E-state index contributed by atoms with van der Waals surface area (Å²) in [4.78, 5) is 0. The molecule has 0 saturated heterocycles. The van der Waals surface area contributed by atoms with Gasteiger partial charge in [0.2, 0.25) is 0 Å². The number of hydrogen-bond donors (Lipinski definition) is 2. The first-order valence-electron chi connectivity index (χ1n) is 5.06. The van der Waals surface area contributed by atoms with E-state index in [0.717, 1.165) is 0 Å². The zero-order chi connectivity index (χ0) is 11.4. The zero-order valence-electron chi connectivity index (χ0n) is 8.68. The maximum Gasteiger partial charge on any atom is 0.123 e. The lowest BCUT2D eigenvalue weighted by molar-refractivity contribution is 0.188. The third-order valence-corrected chi connectivity index (χ3v) is 2.33. The Morgan fingerprint density at radius 2 is 1.81 bits per heavy atom. The number of benzene rings is 1. The van der Waals surface area contributed by atoms with E-state index in [0.29, 0.717) is 12.1 Å². The lowest BCUT2D eigenvalue weighted by atomic mass is 10.1. The Morgan fingerprint density at radius 1 is 1.19 bits per heavy atom. The summed E-state index contributed by atoms with van der Waals surface area (Å²) in [5.41, 5.74) is 3.71. The van der Waals surface area contributed by atoms with Crippen molar-refractivity contribution in [1.82, 2.24) is 4.68 Å². The van der Waals surface area contributed by atoms with Crippen LogP contribution >= 0.6 is 0 Å². The van der Waals surface area contributed by atoms with Gasteiger partial charge < -0.3 is 10.5 Å². The second-order valence-electron chi connectivity index (χ2n) is 3.52. The van der Waals surface area contributed by atoms with E-state index < -0.39 is 6.10 Å². The molecule has 0 radical (unpaired) electrons. The maximum atomic E-state index is 12.7. The highest BCUT2D eigenvalue weighted by Crippen LogP contribution is 2.12. The molecule has 0 aliphatic heterocycles. The van der Waals surface area contributed by atoms with E-state index in [1.54, 1.807) is 16.8 Å². The van der Waals surface area contributed by atoms with Crippen molar-refractivity contribution in [3.05, 3.63) is 60.2 Å². The molecule has 0 fully saturated rings. The number of aliphatic hydroxyl groups excluding tert-OH is 1. The van der Waals surface area contributed by atoms with Crippen LogP contribution in [-0.4, -0.2) is 16.3 Å². The van der Waals surface area contributed by atoms with E-state index in [-0.39, 0.29) is 5.82 Å². The van der Waals surface area contributed by atoms with Gasteiger partial charge in [-0.3, -0.25) is 4.68 Å². The van der Waals surface area contributed by atoms with Crippen LogP contribution in [0.15, 0.2) is 48.8 Å². The number of halogens is 1. The Bertz CT molecular complexity index is 425. The first-order chi connectivity index (χ1) is 7.75. The van der Waals surface area contributed by atoms with Gasteiger partial charge in [0, 0.05) is 12.4 Å². The molecule has 0 aliphatic rings. The van der Waals surface area contributed by atoms with Gasteiger partial charge in [-0.2, -0.15) is 0 Å². The topological polar surface area (TPSA) is 37.2 Å². The van der Waals surface area contributed by atoms with Crippen molar-refractivity contribution in [3.8, 4) is 0 Å². The molecule has 3 nitrogen and oxygen atoms in total. The standard InChI is InChI=1S/C12H13FN2O/c13-11-5-3-10(4-6-11)12(16)9-14-15-7-1-2-8-15/h1-8,12,14,16H,9H2. The fourth-order valence-corrected chi connectivity index (χ4v) is 1.43. The molecule has 1 aromatic carbocycles. The molecule has 1 unspecified atom stereocenters. The number of rotatable bonds is 4. The molecule has 4 heteroatoms. The highest BCUT2D eigenvalue weighted by Gasteiger charge is 2.06. The lowest BCUT2D eigenvalue weighted by Crippen LogP contribution is -2.19. The molecule has 84 valence electrons. The van der Waals surface area contributed by atoms with Crippen molar-refractivity contribution in [2.45, 2.75) is 6.10 Å². The van der Waals surface area contributed by atoms with Gasteiger partial charge >= 0.3 is 0 Å². The molecular weight excluding hydrogens is 207 g/mol. The number of aromatic nitrogens is 1. The van der Waals surface area contributed by atoms with Gasteiger partial charge in [-0.1, -0.05) is 12.1 Å². The average molecular weight is 220 g/mol. The van der Waals surface area contributed by atoms with Gasteiger partial charge in [0.1, 0.15) is 5.82 Å². The normalized spacial score (nSPS) is 12.4. The molecule has 0 amide bonds. The predicted octanol–water partition coefficient (Wildman–Crippen LogP) is 1.90. The summed E-state index contributed by atoms with van der Waals surface area (Å²) in [6, 6.07) is 9.62. The second kappa shape index (κ2) is 4.81. The molecule has 2 rings (SSSR count). The van der Waals surface area contributed by atoms with Crippen LogP contribution in [0.3, 0.4) is 0 Å². The Balaban J connectivity index is 1.93. The third-order valence-electron chi connectivity index (χ3n) is 2.33. The van der Waals surface area contributed by atoms with Gasteiger partial charge in [-0.25, -0.2) is 4.39 Å². The van der Waals surface area contributed by atoms with E-state index in [1.165, 1.54) is 12.1 Å². The smallest absolute Gasteiger partial charge is 0.123 e. The fourth-order valence-electron chi connectivity index (χ4n) is 1.43. The SMILES string of the molecule is OC(CNn1cccc1)c1ccc(F)cc1. The average Bonchev–Trinajstić information content (AvgIpc) is 2.80. The van der Waals surface area contributed by atoms with Crippen LogP contribution in [0, 0.1) is 5.82 Å². The molecule has 16 heavy (non-hydrogen) atoms. The van der Waals surface area contributed by atoms with Gasteiger partial charge in [0.15, 0.2) is 0 Å². The van der Waals surface area contributed by atoms with Crippen molar-refractivity contribution >= 4 is 0 Å². The van der Waals surface area contributed by atoms with Crippen molar-refractivity contribution in [1.29, 1.82) is 0 Å². The minimum absolute atomic E-state index is 0.297. The summed E-state index contributed by atoms with van der Waals surface area (Å²) in [6.45, 7) is 0.375. The largest absolute Gasteiger partial charge is 0.387 e. The van der Waals surface area contributed by atoms with E-state index in [1.807, 2.05) is 24.5 Å². The molecule has 0 spiro atoms. The highest BCUT2D eigenvalue weighted by molar-refractivity contribution is 5.19. The fraction of sp³-hybridized carbons (Fsp3) is 0.167. The van der Waals surface area contributed by atoms with Gasteiger partial charge in [0.05, 0.1) is 12.6 Å². The van der Waals surface area contributed by atoms with Gasteiger partial charge in [0.25, 0.3) is 0 Å². The summed E-state index contributed by atoms with van der Waals surface area (Å²) in [5.74, 6) is -0.297. The zero-order valence-corrected chi connectivity index (χ0v) is 8.68. The van der Waals surface area contributed by atoms with E-state index >= 15 is 0 Å². The number of hydrogen-bond acceptors (Lipinski definition) is 2. The van der Waals surface area contributed by atoms with Crippen molar-refractivity contribution in [2.24, 2.45) is 0 Å². The summed E-state index contributed by atoms with van der Waals surface area (Å²) in [7, 11) is 0. The van der Waals surface area contributed by atoms with Crippen LogP contribution in [0.2, 0.25) is 0 Å². The Labute approximate surface area is 93.1 Å². The summed E-state index contributed by atoms with van der Waals surface area (Å²) < 4.78 is 14.4. The predicted molar refractivity (Wildman–Crippen MR) is 60.0 cm³/mol. The summed E-state index contributed by atoms with van der Waals surface area (Å²) in [5, 5.41) is 9.81. The molecular formula is C12H13FN2O. The molecule has 2 aromatic rings. The molecule has 1 heterocycles. The van der Waals surface area contributed by atoms with Gasteiger partial charge in [-0.05, 0) is 29.8 Å². The number of nitrogens with zero attached hydrogens (tertiary/aromatic N) is 1. The molecule has 0 aliphatic carbocycles. The molecule has 1 atom stereocenters. The lowest BCUT2D eigenvalue weighted by Gasteiger charge is -2.13. The van der Waals surface area contributed by atoms with Crippen LogP contribution in [-0.2, 0) is 0 Å². The maximum absolute atomic E-state index is 12.7. The van der Waals surface area contributed by atoms with Crippen LogP contribution in [0.5, 0.6) is 0 Å². The summed E-state index contributed by atoms with van der Waals surface area (Å²) >= 11 is 0. The third kappa shape index (κ3) is 2.61. The first-order valence-corrected chi connectivity index (χ1v) is 5.06. The Kier molecular flexibility index (Phi) is 3.22. The molecule has 0 saturated carbocycles.